The molecule has 1 amide bonds. The predicted molar refractivity (Wildman–Crippen MR) is 75.3 cm³/mol. The van der Waals surface area contributed by atoms with Crippen LogP contribution < -0.4 is 5.32 Å². The van der Waals surface area contributed by atoms with Gasteiger partial charge in [-0.1, -0.05) is 30.1 Å². The molecule has 0 saturated heterocycles. The van der Waals surface area contributed by atoms with Crippen LogP contribution in [0.5, 0.6) is 0 Å². The third-order valence-corrected chi connectivity index (χ3v) is 2.96. The van der Waals surface area contributed by atoms with Gasteiger partial charge in [0.15, 0.2) is 0 Å². The van der Waals surface area contributed by atoms with Crippen LogP contribution in [0.1, 0.15) is 12.5 Å². The minimum atomic E-state index is -0.956. The molecule has 1 aromatic rings. The van der Waals surface area contributed by atoms with Crippen molar-refractivity contribution in [3.8, 4) is 0 Å². The van der Waals surface area contributed by atoms with Crippen LogP contribution in [0.4, 0.5) is 0 Å². The summed E-state index contributed by atoms with van der Waals surface area (Å²) in [5.41, 5.74) is 0.621. The number of carboxylic acids is 1. The molecule has 1 atom stereocenters. The summed E-state index contributed by atoms with van der Waals surface area (Å²) in [5, 5.41) is 12.2. The van der Waals surface area contributed by atoms with Gasteiger partial charge >= 0.3 is 5.97 Å². The van der Waals surface area contributed by atoms with Gasteiger partial charge in [-0.15, -0.1) is 0 Å². The van der Waals surface area contributed by atoms with Crippen molar-refractivity contribution in [3.63, 3.8) is 0 Å². The van der Waals surface area contributed by atoms with E-state index < -0.39 is 11.9 Å². The van der Waals surface area contributed by atoms with Crippen LogP contribution in [0.2, 0.25) is 10.0 Å². The lowest BCUT2D eigenvalue weighted by Gasteiger charge is -2.06. The van der Waals surface area contributed by atoms with Crippen LogP contribution in [0.3, 0.4) is 0 Å². The Morgan fingerprint density at radius 3 is 2.74 bits per heavy atom. The fourth-order valence-corrected chi connectivity index (χ4v) is 1.57. The second-order valence-electron chi connectivity index (χ2n) is 3.98. The average Bonchev–Trinajstić information content (AvgIpc) is 2.36. The molecule has 2 N–H and O–H groups in total. The van der Waals surface area contributed by atoms with Crippen molar-refractivity contribution in [2.75, 3.05) is 6.54 Å². The van der Waals surface area contributed by atoms with Crippen LogP contribution in [-0.4, -0.2) is 23.5 Å². The number of hydrogen-bond acceptors (Lipinski definition) is 2. The van der Waals surface area contributed by atoms with Crippen LogP contribution in [-0.2, 0) is 9.59 Å². The van der Waals surface area contributed by atoms with Crippen molar-refractivity contribution < 1.29 is 14.7 Å². The van der Waals surface area contributed by atoms with Gasteiger partial charge in [0.25, 0.3) is 0 Å². The van der Waals surface area contributed by atoms with Gasteiger partial charge in [0.1, 0.15) is 0 Å². The van der Waals surface area contributed by atoms with Gasteiger partial charge in [-0.05, 0) is 29.8 Å². The number of halogens is 2. The first-order chi connectivity index (χ1) is 8.90. The van der Waals surface area contributed by atoms with E-state index in [2.05, 4.69) is 5.32 Å². The standard InChI is InChI=1S/C13H13Cl2NO3/c1-8(13(18)19)7-16-12(17)5-2-9-6-10(14)3-4-11(9)15/h2-6,8H,7H2,1H3,(H,16,17)(H,18,19). The fraction of sp³-hybridized carbons (Fsp3) is 0.231. The van der Waals surface area contributed by atoms with Crippen molar-refractivity contribution in [3.05, 3.63) is 39.9 Å². The van der Waals surface area contributed by atoms with Gasteiger partial charge in [-0.3, -0.25) is 9.59 Å². The molecule has 0 heterocycles. The molecule has 0 aliphatic heterocycles. The van der Waals surface area contributed by atoms with E-state index in [9.17, 15) is 9.59 Å². The number of nitrogens with one attached hydrogen (secondary N) is 1. The summed E-state index contributed by atoms with van der Waals surface area (Å²) in [5.74, 6) is -1.97. The van der Waals surface area contributed by atoms with E-state index in [1.54, 1.807) is 18.2 Å². The molecule has 6 heteroatoms. The zero-order valence-corrected chi connectivity index (χ0v) is 11.7. The van der Waals surface area contributed by atoms with Gasteiger partial charge in [0, 0.05) is 22.7 Å². The van der Waals surface area contributed by atoms with Gasteiger partial charge in [0.05, 0.1) is 5.92 Å². The highest BCUT2D eigenvalue weighted by molar-refractivity contribution is 6.34. The molecule has 19 heavy (non-hydrogen) atoms. The predicted octanol–water partition coefficient (Wildman–Crippen LogP) is 2.84. The molecule has 0 aliphatic rings. The largest absolute Gasteiger partial charge is 0.481 e. The van der Waals surface area contributed by atoms with Crippen LogP contribution in [0.15, 0.2) is 24.3 Å². The highest BCUT2D eigenvalue weighted by atomic mass is 35.5. The minimum absolute atomic E-state index is 0.0712. The van der Waals surface area contributed by atoms with Gasteiger partial charge in [0.2, 0.25) is 5.91 Å². The van der Waals surface area contributed by atoms with Crippen molar-refractivity contribution in [2.24, 2.45) is 5.92 Å². The van der Waals surface area contributed by atoms with E-state index in [1.165, 1.54) is 19.1 Å². The maximum Gasteiger partial charge on any atom is 0.308 e. The molecular formula is C13H13Cl2NO3. The molecule has 0 spiro atoms. The number of hydrogen-bond donors (Lipinski definition) is 2. The molecule has 0 aromatic heterocycles. The Kier molecular flexibility index (Phi) is 5.86. The van der Waals surface area contributed by atoms with Crippen LogP contribution in [0, 0.1) is 5.92 Å². The number of carbonyl (C=O) groups excluding carboxylic acids is 1. The average molecular weight is 302 g/mol. The molecule has 0 saturated carbocycles. The molecule has 0 radical (unpaired) electrons. The Morgan fingerprint density at radius 2 is 2.11 bits per heavy atom. The zero-order valence-electron chi connectivity index (χ0n) is 10.2. The summed E-state index contributed by atoms with van der Waals surface area (Å²) in [6.07, 6.45) is 2.81. The Bertz CT molecular complexity index is 515. The number of carbonyl (C=O) groups is 2. The molecule has 4 nitrogen and oxygen atoms in total. The zero-order chi connectivity index (χ0) is 14.4. The summed E-state index contributed by atoms with van der Waals surface area (Å²) < 4.78 is 0. The highest BCUT2D eigenvalue weighted by Crippen LogP contribution is 2.21. The molecule has 0 aliphatic carbocycles. The monoisotopic (exact) mass is 301 g/mol. The second kappa shape index (κ2) is 7.16. The van der Waals surface area contributed by atoms with Crippen LogP contribution >= 0.6 is 23.2 Å². The van der Waals surface area contributed by atoms with E-state index >= 15 is 0 Å². The smallest absolute Gasteiger partial charge is 0.308 e. The molecule has 0 bridgehead atoms. The first-order valence-electron chi connectivity index (χ1n) is 5.54. The summed E-state index contributed by atoms with van der Waals surface area (Å²) in [6.45, 7) is 1.59. The van der Waals surface area contributed by atoms with E-state index in [4.69, 9.17) is 28.3 Å². The second-order valence-corrected chi connectivity index (χ2v) is 4.83. The van der Waals surface area contributed by atoms with E-state index in [0.717, 1.165) is 0 Å². The summed E-state index contributed by atoms with van der Waals surface area (Å²) in [7, 11) is 0. The first kappa shape index (κ1) is 15.5. The number of aliphatic carboxylic acids is 1. The molecule has 1 rings (SSSR count). The van der Waals surface area contributed by atoms with Gasteiger partial charge in [-0.2, -0.15) is 0 Å². The summed E-state index contributed by atoms with van der Waals surface area (Å²) in [6, 6.07) is 4.91. The Hall–Kier alpha value is -1.52. The third kappa shape index (κ3) is 5.32. The highest BCUT2D eigenvalue weighted by Gasteiger charge is 2.10. The lowest BCUT2D eigenvalue weighted by Crippen LogP contribution is -2.30. The van der Waals surface area contributed by atoms with Crippen molar-refractivity contribution in [1.29, 1.82) is 0 Å². The SMILES string of the molecule is CC(CNC(=O)C=Cc1cc(Cl)ccc1Cl)C(=O)O. The Morgan fingerprint density at radius 1 is 1.42 bits per heavy atom. The first-order valence-corrected chi connectivity index (χ1v) is 6.29. The van der Waals surface area contributed by atoms with E-state index in [1.807, 2.05) is 0 Å². The topological polar surface area (TPSA) is 66.4 Å². The van der Waals surface area contributed by atoms with Crippen molar-refractivity contribution >= 4 is 41.2 Å². The van der Waals surface area contributed by atoms with E-state index in [0.29, 0.717) is 15.6 Å². The molecular weight excluding hydrogens is 289 g/mol. The minimum Gasteiger partial charge on any atom is -0.481 e. The Balaban J connectivity index is 2.59. The lowest BCUT2D eigenvalue weighted by atomic mass is 10.2. The van der Waals surface area contributed by atoms with Gasteiger partial charge in [-0.25, -0.2) is 0 Å². The normalized spacial score (nSPS) is 12.4. The van der Waals surface area contributed by atoms with Crippen molar-refractivity contribution in [1.82, 2.24) is 5.32 Å². The third-order valence-electron chi connectivity index (χ3n) is 2.38. The quantitative estimate of drug-likeness (QED) is 0.822. The number of benzene rings is 1. The molecule has 0 fully saturated rings. The molecule has 1 aromatic carbocycles. The summed E-state index contributed by atoms with van der Waals surface area (Å²) >= 11 is 11.7. The molecule has 1 unspecified atom stereocenters. The lowest BCUT2D eigenvalue weighted by molar-refractivity contribution is -0.141. The number of rotatable bonds is 5. The molecule has 102 valence electrons. The fourth-order valence-electron chi connectivity index (χ4n) is 1.21. The maximum absolute atomic E-state index is 11.5. The van der Waals surface area contributed by atoms with Crippen LogP contribution in [0.25, 0.3) is 6.08 Å². The van der Waals surface area contributed by atoms with Crippen molar-refractivity contribution in [2.45, 2.75) is 6.92 Å². The maximum atomic E-state index is 11.5. The van der Waals surface area contributed by atoms with E-state index in [-0.39, 0.29) is 12.5 Å². The summed E-state index contributed by atoms with van der Waals surface area (Å²) in [4.78, 5) is 22.0. The number of carboxylic acid groups (broad SMARTS) is 1. The Labute approximate surface area is 121 Å². The number of amides is 1. The van der Waals surface area contributed by atoms with Gasteiger partial charge < -0.3 is 10.4 Å².